The van der Waals surface area contributed by atoms with Crippen molar-refractivity contribution in [3.8, 4) is 0 Å². The first-order valence-electron chi connectivity index (χ1n) is 15.1. The lowest BCUT2D eigenvalue weighted by atomic mass is 9.78. The van der Waals surface area contributed by atoms with Crippen LogP contribution in [0.2, 0.25) is 0 Å². The van der Waals surface area contributed by atoms with Gasteiger partial charge in [-0.05, 0) is 69.6 Å². The van der Waals surface area contributed by atoms with Crippen LogP contribution in [0.15, 0.2) is 0 Å². The maximum absolute atomic E-state index is 13.4. The molecule has 0 bridgehead atoms. The van der Waals surface area contributed by atoms with E-state index in [1.54, 1.807) is 0 Å². The lowest BCUT2D eigenvalue weighted by molar-refractivity contribution is -0.139. The molecule has 9 nitrogen and oxygen atoms in total. The Bertz CT molecular complexity index is 738. The van der Waals surface area contributed by atoms with E-state index >= 15 is 0 Å². The summed E-state index contributed by atoms with van der Waals surface area (Å²) in [7, 11) is 1.84. The lowest BCUT2D eigenvalue weighted by Crippen LogP contribution is -2.63. The Kier molecular flexibility index (Phi) is 9.74. The molecule has 0 aromatic heterocycles. The van der Waals surface area contributed by atoms with Crippen LogP contribution in [0.25, 0.3) is 0 Å². The summed E-state index contributed by atoms with van der Waals surface area (Å²) in [6.07, 6.45) is 12.0. The fourth-order valence-corrected chi connectivity index (χ4v) is 7.37. The standard InChI is InChI=1S/C28H50N6O3/c1-37-25-9-7-21(8-10-25)23-18-29-28(30-19-23)31-24-6-4-5-22(17-24)27(36)34-15-13-32(14-16-34)20-26(35)33-11-2-3-12-33/h21-25,28-31H,2-20H2,1H3. The van der Waals surface area contributed by atoms with Gasteiger partial charge < -0.3 is 14.5 Å². The van der Waals surface area contributed by atoms with E-state index in [-0.39, 0.29) is 18.1 Å². The Labute approximate surface area is 223 Å². The Balaban J connectivity index is 1.00. The highest BCUT2D eigenvalue weighted by Gasteiger charge is 2.35. The molecule has 3 saturated heterocycles. The topological polar surface area (TPSA) is 89.2 Å². The van der Waals surface area contributed by atoms with E-state index in [1.807, 2.05) is 12.0 Å². The van der Waals surface area contributed by atoms with Gasteiger partial charge in [0.15, 0.2) is 0 Å². The molecule has 3 aliphatic heterocycles. The van der Waals surface area contributed by atoms with Crippen molar-refractivity contribution < 1.29 is 14.3 Å². The summed E-state index contributed by atoms with van der Waals surface area (Å²) >= 11 is 0. The molecule has 3 N–H and O–H groups in total. The van der Waals surface area contributed by atoms with Gasteiger partial charge in [-0.1, -0.05) is 6.42 Å². The predicted octanol–water partition coefficient (Wildman–Crippen LogP) is 1.20. The van der Waals surface area contributed by atoms with Crippen LogP contribution in [0.4, 0.5) is 0 Å². The van der Waals surface area contributed by atoms with E-state index in [2.05, 4.69) is 25.8 Å². The molecular formula is C28H50N6O3. The first-order chi connectivity index (χ1) is 18.1. The number of hydrogen-bond acceptors (Lipinski definition) is 7. The molecule has 5 rings (SSSR count). The number of amides is 2. The summed E-state index contributed by atoms with van der Waals surface area (Å²) in [6, 6.07) is 0.376. The van der Waals surface area contributed by atoms with Crippen LogP contribution in [0.1, 0.15) is 64.2 Å². The first kappa shape index (κ1) is 27.3. The number of nitrogens with zero attached hydrogens (tertiary/aromatic N) is 3. The molecular weight excluding hydrogens is 468 g/mol. The number of carbonyl (C=O) groups excluding carboxylic acids is 2. The predicted molar refractivity (Wildman–Crippen MR) is 144 cm³/mol. The van der Waals surface area contributed by atoms with Gasteiger partial charge in [0, 0.05) is 71.4 Å². The third-order valence-electron chi connectivity index (χ3n) is 9.81. The zero-order chi connectivity index (χ0) is 25.6. The summed E-state index contributed by atoms with van der Waals surface area (Å²) in [4.78, 5) is 32.1. The third-order valence-corrected chi connectivity index (χ3v) is 9.81. The minimum absolute atomic E-state index is 0.122. The Morgan fingerprint density at radius 1 is 0.811 bits per heavy atom. The molecule has 2 amide bonds. The van der Waals surface area contributed by atoms with Gasteiger partial charge in [-0.15, -0.1) is 0 Å². The van der Waals surface area contributed by atoms with E-state index in [0.717, 1.165) is 96.8 Å². The van der Waals surface area contributed by atoms with E-state index in [0.29, 0.717) is 30.5 Å². The van der Waals surface area contributed by atoms with Gasteiger partial charge in [0.25, 0.3) is 0 Å². The van der Waals surface area contributed by atoms with Crippen LogP contribution in [0, 0.1) is 17.8 Å². The number of hydrogen-bond donors (Lipinski definition) is 3. The van der Waals surface area contributed by atoms with E-state index in [4.69, 9.17) is 4.74 Å². The molecule has 5 aliphatic rings. The summed E-state index contributed by atoms with van der Waals surface area (Å²) in [5, 5.41) is 11.2. The number of rotatable bonds is 7. The molecule has 0 spiro atoms. The minimum Gasteiger partial charge on any atom is -0.381 e. The van der Waals surface area contributed by atoms with Crippen molar-refractivity contribution in [3.05, 3.63) is 0 Å². The maximum atomic E-state index is 13.4. The minimum atomic E-state index is 0.122. The molecule has 9 heteroatoms. The Hall–Kier alpha value is -1.26. The van der Waals surface area contributed by atoms with Gasteiger partial charge in [0.2, 0.25) is 11.8 Å². The molecule has 0 aromatic rings. The fourth-order valence-electron chi connectivity index (χ4n) is 7.37. The highest BCUT2D eigenvalue weighted by Crippen LogP contribution is 2.32. The molecule has 37 heavy (non-hydrogen) atoms. The zero-order valence-corrected chi connectivity index (χ0v) is 23.0. The van der Waals surface area contributed by atoms with Crippen molar-refractivity contribution in [2.24, 2.45) is 17.8 Å². The van der Waals surface area contributed by atoms with E-state index in [9.17, 15) is 9.59 Å². The molecule has 0 radical (unpaired) electrons. The average Bonchev–Trinajstić information content (AvgIpc) is 3.49. The van der Waals surface area contributed by atoms with Crippen molar-refractivity contribution in [1.29, 1.82) is 0 Å². The van der Waals surface area contributed by atoms with Crippen LogP contribution in [-0.2, 0) is 14.3 Å². The van der Waals surface area contributed by atoms with Gasteiger partial charge in [0.05, 0.1) is 12.6 Å². The number of ether oxygens (including phenoxy) is 1. The van der Waals surface area contributed by atoms with Crippen LogP contribution in [0.5, 0.6) is 0 Å². The molecule has 5 fully saturated rings. The SMILES string of the molecule is COC1CCC(C2CNC(NC3CCCC(C(=O)N4CCN(CC(=O)N5CCCC5)CC4)C3)NC2)CC1. The van der Waals surface area contributed by atoms with Crippen molar-refractivity contribution in [2.75, 3.05) is 66.0 Å². The second kappa shape index (κ2) is 13.2. The number of nitrogens with one attached hydrogen (secondary N) is 3. The Morgan fingerprint density at radius 2 is 1.51 bits per heavy atom. The Morgan fingerprint density at radius 3 is 2.19 bits per heavy atom. The van der Waals surface area contributed by atoms with Gasteiger partial charge in [-0.2, -0.15) is 0 Å². The summed E-state index contributed by atoms with van der Waals surface area (Å²) < 4.78 is 5.54. The first-order valence-corrected chi connectivity index (χ1v) is 15.1. The van der Waals surface area contributed by atoms with Gasteiger partial charge >= 0.3 is 0 Å². The quantitative estimate of drug-likeness (QED) is 0.467. The van der Waals surface area contributed by atoms with Gasteiger partial charge in [-0.3, -0.25) is 30.4 Å². The summed E-state index contributed by atoms with van der Waals surface area (Å²) in [5.74, 6) is 2.20. The van der Waals surface area contributed by atoms with Crippen molar-refractivity contribution in [3.63, 3.8) is 0 Å². The van der Waals surface area contributed by atoms with Crippen LogP contribution < -0.4 is 16.0 Å². The smallest absolute Gasteiger partial charge is 0.236 e. The van der Waals surface area contributed by atoms with Crippen molar-refractivity contribution in [1.82, 2.24) is 30.7 Å². The summed E-state index contributed by atoms with van der Waals surface area (Å²) in [6.45, 7) is 7.58. The molecule has 3 heterocycles. The highest BCUT2D eigenvalue weighted by atomic mass is 16.5. The number of methoxy groups -OCH3 is 1. The molecule has 2 saturated carbocycles. The van der Waals surface area contributed by atoms with Crippen molar-refractivity contribution >= 4 is 11.8 Å². The van der Waals surface area contributed by atoms with E-state index < -0.39 is 0 Å². The maximum Gasteiger partial charge on any atom is 0.236 e. The molecule has 2 atom stereocenters. The zero-order valence-electron chi connectivity index (χ0n) is 23.0. The normalized spacial score (nSPS) is 36.0. The monoisotopic (exact) mass is 518 g/mol. The van der Waals surface area contributed by atoms with Crippen molar-refractivity contribution in [2.45, 2.75) is 82.6 Å². The largest absolute Gasteiger partial charge is 0.381 e. The second-order valence-electron chi connectivity index (χ2n) is 12.2. The number of carbonyl (C=O) groups is 2. The number of likely N-dealkylation sites (tertiary alicyclic amines) is 1. The third kappa shape index (κ3) is 7.24. The number of piperazine rings is 1. The van der Waals surface area contributed by atoms with Crippen LogP contribution in [0.3, 0.4) is 0 Å². The van der Waals surface area contributed by atoms with E-state index in [1.165, 1.54) is 25.7 Å². The summed E-state index contributed by atoms with van der Waals surface area (Å²) in [5.41, 5.74) is 0. The van der Waals surface area contributed by atoms with Crippen LogP contribution >= 0.6 is 0 Å². The second-order valence-corrected chi connectivity index (χ2v) is 12.2. The molecule has 210 valence electrons. The van der Waals surface area contributed by atoms with Gasteiger partial charge in [0.1, 0.15) is 6.29 Å². The lowest BCUT2D eigenvalue weighted by Gasteiger charge is -2.41. The van der Waals surface area contributed by atoms with Gasteiger partial charge in [-0.25, -0.2) is 0 Å². The van der Waals surface area contributed by atoms with Crippen LogP contribution in [-0.4, -0.2) is 111 Å². The highest BCUT2D eigenvalue weighted by molar-refractivity contribution is 5.80. The molecule has 0 aromatic carbocycles. The molecule has 2 aliphatic carbocycles. The fraction of sp³-hybridized carbons (Fsp3) is 0.929. The average molecular weight is 519 g/mol. The molecule has 2 unspecified atom stereocenters.